The van der Waals surface area contributed by atoms with E-state index in [0.29, 0.717) is 5.56 Å². The van der Waals surface area contributed by atoms with Gasteiger partial charge in [-0.25, -0.2) is 4.79 Å². The van der Waals surface area contributed by atoms with E-state index < -0.39 is 47.9 Å². The number of amides is 4. The second-order valence-corrected chi connectivity index (χ2v) is 9.51. The number of benzene rings is 2. The van der Waals surface area contributed by atoms with E-state index in [1.807, 2.05) is 49.4 Å². The van der Waals surface area contributed by atoms with E-state index in [9.17, 15) is 19.2 Å². The minimum atomic E-state index is -1.30. The van der Waals surface area contributed by atoms with Crippen LogP contribution < -0.4 is 16.4 Å². The van der Waals surface area contributed by atoms with Gasteiger partial charge in [-0.3, -0.25) is 14.4 Å². The molecule has 4 N–H and O–H groups in total. The first-order chi connectivity index (χ1) is 16.9. The standard InChI is InChI=1S/C27H36N4O5/c1-6-31(25(34)21(16-22(28)32)30-26(35)36-27(3,4)5)23(20-14-10-11-18(2)15-20)24(33)29-17-19-12-8-7-9-13-19/h7-15,21,23H,6,16-17H2,1-5H3,(H2,28,32)(H,29,33)(H,30,35). The molecule has 0 spiro atoms. The fourth-order valence-electron chi connectivity index (χ4n) is 3.71. The van der Waals surface area contributed by atoms with E-state index in [4.69, 9.17) is 10.5 Å². The molecule has 2 aromatic rings. The molecule has 0 radical (unpaired) electrons. The van der Waals surface area contributed by atoms with E-state index in [2.05, 4.69) is 10.6 Å². The van der Waals surface area contributed by atoms with Crippen molar-refractivity contribution in [2.45, 2.75) is 65.3 Å². The summed E-state index contributed by atoms with van der Waals surface area (Å²) in [6, 6.07) is 14.4. The van der Waals surface area contributed by atoms with Crippen LogP contribution in [0.15, 0.2) is 54.6 Å². The third-order valence-corrected chi connectivity index (χ3v) is 5.25. The van der Waals surface area contributed by atoms with Crippen LogP contribution in [0.3, 0.4) is 0 Å². The van der Waals surface area contributed by atoms with E-state index in [0.717, 1.165) is 11.1 Å². The molecule has 0 bridgehead atoms. The molecule has 0 aliphatic heterocycles. The zero-order chi connectivity index (χ0) is 26.9. The number of nitrogens with zero attached hydrogens (tertiary/aromatic N) is 1. The Hall–Kier alpha value is -3.88. The van der Waals surface area contributed by atoms with Crippen molar-refractivity contribution in [3.8, 4) is 0 Å². The zero-order valence-corrected chi connectivity index (χ0v) is 21.5. The van der Waals surface area contributed by atoms with Gasteiger partial charge in [-0.15, -0.1) is 0 Å². The molecule has 9 heteroatoms. The molecule has 4 amide bonds. The maximum absolute atomic E-state index is 13.7. The van der Waals surface area contributed by atoms with Gasteiger partial charge in [0, 0.05) is 13.1 Å². The van der Waals surface area contributed by atoms with Crippen LogP contribution in [0.2, 0.25) is 0 Å². The number of likely N-dealkylation sites (N-methyl/N-ethyl adjacent to an activating group) is 1. The van der Waals surface area contributed by atoms with Crippen LogP contribution in [-0.2, 0) is 25.7 Å². The van der Waals surface area contributed by atoms with Crippen molar-refractivity contribution in [3.63, 3.8) is 0 Å². The predicted octanol–water partition coefficient (Wildman–Crippen LogP) is 2.97. The Kier molecular flexibility index (Phi) is 10.0. The lowest BCUT2D eigenvalue weighted by Crippen LogP contribution is -2.54. The van der Waals surface area contributed by atoms with Gasteiger partial charge in [-0.05, 0) is 45.7 Å². The van der Waals surface area contributed by atoms with Crippen molar-refractivity contribution in [2.75, 3.05) is 6.54 Å². The maximum Gasteiger partial charge on any atom is 0.408 e. The molecule has 2 aromatic carbocycles. The number of hydrogen-bond acceptors (Lipinski definition) is 5. The molecule has 2 rings (SSSR count). The Morgan fingerprint density at radius 2 is 1.69 bits per heavy atom. The highest BCUT2D eigenvalue weighted by Gasteiger charge is 2.36. The fourth-order valence-corrected chi connectivity index (χ4v) is 3.71. The summed E-state index contributed by atoms with van der Waals surface area (Å²) in [7, 11) is 0. The van der Waals surface area contributed by atoms with E-state index in [1.165, 1.54) is 4.90 Å². The number of nitrogens with one attached hydrogen (secondary N) is 2. The number of primary amides is 1. The van der Waals surface area contributed by atoms with Gasteiger partial charge in [-0.1, -0.05) is 60.2 Å². The number of aryl methyl sites for hydroxylation is 1. The Bertz CT molecular complexity index is 1070. The smallest absolute Gasteiger partial charge is 0.408 e. The minimum Gasteiger partial charge on any atom is -0.444 e. The molecule has 36 heavy (non-hydrogen) atoms. The number of alkyl carbamates (subject to hydrolysis) is 1. The van der Waals surface area contributed by atoms with Gasteiger partial charge in [0.1, 0.15) is 17.7 Å². The molecule has 0 heterocycles. The number of carbonyl (C=O) groups is 4. The first-order valence-electron chi connectivity index (χ1n) is 11.9. The summed E-state index contributed by atoms with van der Waals surface area (Å²) in [5.41, 5.74) is 6.99. The Balaban J connectivity index is 2.38. The summed E-state index contributed by atoms with van der Waals surface area (Å²) >= 11 is 0. The van der Waals surface area contributed by atoms with Crippen molar-refractivity contribution >= 4 is 23.8 Å². The van der Waals surface area contributed by atoms with Gasteiger partial charge < -0.3 is 26.0 Å². The molecule has 9 nitrogen and oxygen atoms in total. The topological polar surface area (TPSA) is 131 Å². The highest BCUT2D eigenvalue weighted by Crippen LogP contribution is 2.24. The van der Waals surface area contributed by atoms with Crippen molar-refractivity contribution in [1.82, 2.24) is 15.5 Å². The third-order valence-electron chi connectivity index (χ3n) is 5.25. The summed E-state index contributed by atoms with van der Waals surface area (Å²) in [4.78, 5) is 52.6. The lowest BCUT2D eigenvalue weighted by Gasteiger charge is -2.33. The van der Waals surface area contributed by atoms with Crippen LogP contribution in [0.4, 0.5) is 4.79 Å². The summed E-state index contributed by atoms with van der Waals surface area (Å²) in [5, 5.41) is 5.35. The number of carbonyl (C=O) groups excluding carboxylic acids is 4. The Labute approximate surface area is 212 Å². The molecule has 0 aromatic heterocycles. The van der Waals surface area contributed by atoms with E-state index in [-0.39, 0.29) is 13.1 Å². The first-order valence-corrected chi connectivity index (χ1v) is 11.9. The molecule has 0 aliphatic rings. The molecule has 194 valence electrons. The molecule has 2 atom stereocenters. The fraction of sp³-hybridized carbons (Fsp3) is 0.407. The van der Waals surface area contributed by atoms with Gasteiger partial charge >= 0.3 is 6.09 Å². The van der Waals surface area contributed by atoms with Crippen molar-refractivity contribution in [3.05, 3.63) is 71.3 Å². The number of hydrogen-bond donors (Lipinski definition) is 3. The first kappa shape index (κ1) is 28.4. The summed E-state index contributed by atoms with van der Waals surface area (Å²) < 4.78 is 5.26. The monoisotopic (exact) mass is 496 g/mol. The van der Waals surface area contributed by atoms with Crippen LogP contribution in [0.1, 0.15) is 56.8 Å². The highest BCUT2D eigenvalue weighted by molar-refractivity contribution is 5.94. The summed E-state index contributed by atoms with van der Waals surface area (Å²) in [6.07, 6.45) is -1.31. The maximum atomic E-state index is 13.7. The van der Waals surface area contributed by atoms with Gasteiger partial charge in [0.25, 0.3) is 0 Å². The molecule has 0 saturated heterocycles. The minimum absolute atomic E-state index is 0.140. The second-order valence-electron chi connectivity index (χ2n) is 9.51. The summed E-state index contributed by atoms with van der Waals surface area (Å²) in [5.74, 6) is -1.79. The van der Waals surface area contributed by atoms with Crippen LogP contribution >= 0.6 is 0 Å². The average molecular weight is 497 g/mol. The molecule has 0 saturated carbocycles. The van der Waals surface area contributed by atoms with Crippen molar-refractivity contribution in [2.24, 2.45) is 5.73 Å². The van der Waals surface area contributed by atoms with Crippen LogP contribution in [0.25, 0.3) is 0 Å². The Morgan fingerprint density at radius 1 is 1.03 bits per heavy atom. The van der Waals surface area contributed by atoms with Crippen molar-refractivity contribution in [1.29, 1.82) is 0 Å². The quantitative estimate of drug-likeness (QED) is 0.465. The van der Waals surface area contributed by atoms with Crippen LogP contribution in [0, 0.1) is 6.92 Å². The number of nitrogens with two attached hydrogens (primary N) is 1. The summed E-state index contributed by atoms with van der Waals surface area (Å²) in [6.45, 7) is 9.07. The number of ether oxygens (including phenoxy) is 1. The molecular weight excluding hydrogens is 460 g/mol. The molecule has 2 unspecified atom stereocenters. The van der Waals surface area contributed by atoms with Gasteiger partial charge in [-0.2, -0.15) is 0 Å². The second kappa shape index (κ2) is 12.7. The highest BCUT2D eigenvalue weighted by atomic mass is 16.6. The van der Waals surface area contributed by atoms with Gasteiger partial charge in [0.15, 0.2) is 0 Å². The van der Waals surface area contributed by atoms with Crippen LogP contribution in [0.5, 0.6) is 0 Å². The predicted molar refractivity (Wildman–Crippen MR) is 137 cm³/mol. The normalized spacial score (nSPS) is 12.7. The zero-order valence-electron chi connectivity index (χ0n) is 21.5. The van der Waals surface area contributed by atoms with E-state index >= 15 is 0 Å². The molecular formula is C27H36N4O5. The third kappa shape index (κ3) is 8.72. The molecule has 0 aliphatic carbocycles. The SMILES string of the molecule is CCN(C(=O)C(CC(N)=O)NC(=O)OC(C)(C)C)C(C(=O)NCc1ccccc1)c1cccc(C)c1. The lowest BCUT2D eigenvalue weighted by molar-refractivity contribution is -0.143. The van der Waals surface area contributed by atoms with Gasteiger partial charge in [0.2, 0.25) is 17.7 Å². The average Bonchev–Trinajstić information content (AvgIpc) is 2.79. The number of rotatable bonds is 10. The largest absolute Gasteiger partial charge is 0.444 e. The molecule has 0 fully saturated rings. The Morgan fingerprint density at radius 3 is 2.25 bits per heavy atom. The van der Waals surface area contributed by atoms with Crippen molar-refractivity contribution < 1.29 is 23.9 Å². The van der Waals surface area contributed by atoms with Gasteiger partial charge in [0.05, 0.1) is 6.42 Å². The van der Waals surface area contributed by atoms with Crippen LogP contribution in [-0.4, -0.2) is 46.9 Å². The lowest BCUT2D eigenvalue weighted by atomic mass is 10.00. The van der Waals surface area contributed by atoms with E-state index in [1.54, 1.807) is 39.8 Å².